The van der Waals surface area contributed by atoms with E-state index in [9.17, 15) is 9.59 Å². The third-order valence-corrected chi connectivity index (χ3v) is 4.68. The fourth-order valence-electron chi connectivity index (χ4n) is 3.15. The van der Waals surface area contributed by atoms with Crippen molar-refractivity contribution in [2.24, 2.45) is 0 Å². The zero-order valence-corrected chi connectivity index (χ0v) is 15.1. The lowest BCUT2D eigenvalue weighted by atomic mass is 10.1. The molecular weight excluding hydrogens is 330 g/mol. The number of anilines is 1. The Labute approximate surface area is 153 Å². The fraction of sp³-hybridized carbons (Fsp3) is 0.350. The molecule has 26 heavy (non-hydrogen) atoms. The Bertz CT molecular complexity index is 762. The van der Waals surface area contributed by atoms with Gasteiger partial charge in [0.2, 0.25) is 11.8 Å². The molecular formula is C20H23N3O3. The quantitative estimate of drug-likeness (QED) is 0.827. The molecule has 6 nitrogen and oxygen atoms in total. The zero-order chi connectivity index (χ0) is 18.5. The summed E-state index contributed by atoms with van der Waals surface area (Å²) in [4.78, 5) is 33.0. The van der Waals surface area contributed by atoms with Crippen molar-refractivity contribution in [1.82, 2.24) is 9.88 Å². The molecule has 0 saturated carbocycles. The van der Waals surface area contributed by atoms with Crippen LogP contribution in [0, 0.1) is 0 Å². The molecule has 0 N–H and O–H groups in total. The second kappa shape index (κ2) is 7.99. The van der Waals surface area contributed by atoms with E-state index >= 15 is 0 Å². The molecule has 1 aliphatic rings. The summed E-state index contributed by atoms with van der Waals surface area (Å²) in [5.41, 5.74) is 1.71. The van der Waals surface area contributed by atoms with Gasteiger partial charge in [-0.15, -0.1) is 0 Å². The number of pyridine rings is 1. The number of carbonyl (C=O) groups excluding carboxylic acids is 2. The molecule has 1 aliphatic heterocycles. The van der Waals surface area contributed by atoms with Crippen molar-refractivity contribution in [2.45, 2.75) is 25.8 Å². The molecule has 136 valence electrons. The number of rotatable bonds is 5. The Morgan fingerprint density at radius 3 is 2.62 bits per heavy atom. The molecule has 2 aromatic rings. The van der Waals surface area contributed by atoms with E-state index in [0.717, 1.165) is 17.1 Å². The van der Waals surface area contributed by atoms with E-state index in [0.29, 0.717) is 25.9 Å². The zero-order valence-electron chi connectivity index (χ0n) is 15.1. The molecule has 2 heterocycles. The molecule has 1 aromatic carbocycles. The van der Waals surface area contributed by atoms with E-state index in [-0.39, 0.29) is 11.8 Å². The molecule has 0 bridgehead atoms. The van der Waals surface area contributed by atoms with Gasteiger partial charge < -0.3 is 14.5 Å². The second-order valence-electron chi connectivity index (χ2n) is 6.27. The van der Waals surface area contributed by atoms with Crippen molar-refractivity contribution in [3.05, 3.63) is 54.4 Å². The first kappa shape index (κ1) is 17.9. The van der Waals surface area contributed by atoms with Gasteiger partial charge in [0.25, 0.3) is 0 Å². The third kappa shape index (κ3) is 3.85. The standard InChI is InChI=1S/C20H23N3O3/c1-15-20(25)23(17-7-9-18(26-2)10-8-17)14-13-22(15)19(24)11-6-16-5-3-4-12-21-16/h3-5,7-10,12,15H,6,11,13-14H2,1-2H3/t15-/m0/s1. The number of benzene rings is 1. The fourth-order valence-corrected chi connectivity index (χ4v) is 3.15. The lowest BCUT2D eigenvalue weighted by Gasteiger charge is -2.39. The average Bonchev–Trinajstić information content (AvgIpc) is 2.69. The molecule has 0 unspecified atom stereocenters. The first-order valence-electron chi connectivity index (χ1n) is 8.75. The minimum atomic E-state index is -0.470. The molecule has 0 spiro atoms. The predicted molar refractivity (Wildman–Crippen MR) is 99.1 cm³/mol. The van der Waals surface area contributed by atoms with E-state index in [1.54, 1.807) is 30.0 Å². The van der Waals surface area contributed by atoms with Gasteiger partial charge in [0.1, 0.15) is 11.8 Å². The summed E-state index contributed by atoms with van der Waals surface area (Å²) >= 11 is 0. The topological polar surface area (TPSA) is 62.7 Å². The third-order valence-electron chi connectivity index (χ3n) is 4.68. The number of hydrogen-bond donors (Lipinski definition) is 0. The summed E-state index contributed by atoms with van der Waals surface area (Å²) in [5.74, 6) is 0.677. The van der Waals surface area contributed by atoms with Gasteiger partial charge in [0.05, 0.1) is 7.11 Å². The van der Waals surface area contributed by atoms with Crippen LogP contribution in [0.2, 0.25) is 0 Å². The van der Waals surface area contributed by atoms with Crippen molar-refractivity contribution < 1.29 is 14.3 Å². The summed E-state index contributed by atoms with van der Waals surface area (Å²) < 4.78 is 5.15. The predicted octanol–water partition coefficient (Wildman–Crippen LogP) is 2.29. The van der Waals surface area contributed by atoms with E-state index in [4.69, 9.17) is 4.74 Å². The molecule has 1 aromatic heterocycles. The van der Waals surface area contributed by atoms with Crippen molar-refractivity contribution in [3.8, 4) is 5.75 Å². The Balaban J connectivity index is 1.62. The van der Waals surface area contributed by atoms with Crippen LogP contribution >= 0.6 is 0 Å². The highest BCUT2D eigenvalue weighted by Gasteiger charge is 2.34. The van der Waals surface area contributed by atoms with Crippen LogP contribution in [0.1, 0.15) is 19.0 Å². The van der Waals surface area contributed by atoms with E-state index in [1.807, 2.05) is 42.5 Å². The largest absolute Gasteiger partial charge is 0.497 e. The summed E-state index contributed by atoms with van der Waals surface area (Å²) in [6, 6.07) is 12.6. The van der Waals surface area contributed by atoms with Gasteiger partial charge in [0.15, 0.2) is 0 Å². The molecule has 0 aliphatic carbocycles. The van der Waals surface area contributed by atoms with Crippen LogP contribution < -0.4 is 9.64 Å². The van der Waals surface area contributed by atoms with Crippen LogP contribution in [0.3, 0.4) is 0 Å². The SMILES string of the molecule is COc1ccc(N2CCN(C(=O)CCc3ccccn3)[C@@H](C)C2=O)cc1. The number of aryl methyl sites for hydroxylation is 1. The van der Waals surface area contributed by atoms with Gasteiger partial charge in [0, 0.05) is 37.1 Å². The molecule has 1 fully saturated rings. The Morgan fingerprint density at radius 2 is 1.96 bits per heavy atom. The van der Waals surface area contributed by atoms with Gasteiger partial charge in [-0.1, -0.05) is 6.07 Å². The van der Waals surface area contributed by atoms with Gasteiger partial charge >= 0.3 is 0 Å². The lowest BCUT2D eigenvalue weighted by Crippen LogP contribution is -2.57. The monoisotopic (exact) mass is 353 g/mol. The first-order chi connectivity index (χ1) is 12.6. The van der Waals surface area contributed by atoms with Gasteiger partial charge in [-0.3, -0.25) is 14.6 Å². The Morgan fingerprint density at radius 1 is 1.19 bits per heavy atom. The summed E-state index contributed by atoms with van der Waals surface area (Å²) in [6.45, 7) is 2.81. The van der Waals surface area contributed by atoms with Crippen molar-refractivity contribution >= 4 is 17.5 Å². The number of hydrogen-bond acceptors (Lipinski definition) is 4. The van der Waals surface area contributed by atoms with Crippen LogP contribution in [-0.4, -0.2) is 47.9 Å². The number of amides is 2. The maximum absolute atomic E-state index is 12.8. The Hall–Kier alpha value is -2.89. The van der Waals surface area contributed by atoms with Crippen LogP contribution in [0.5, 0.6) is 5.75 Å². The van der Waals surface area contributed by atoms with Crippen LogP contribution in [0.25, 0.3) is 0 Å². The number of aromatic nitrogens is 1. The molecule has 0 radical (unpaired) electrons. The highest BCUT2D eigenvalue weighted by molar-refractivity contribution is 6.00. The van der Waals surface area contributed by atoms with E-state index < -0.39 is 6.04 Å². The smallest absolute Gasteiger partial charge is 0.249 e. The van der Waals surface area contributed by atoms with Crippen LogP contribution in [0.15, 0.2) is 48.7 Å². The van der Waals surface area contributed by atoms with Crippen molar-refractivity contribution in [3.63, 3.8) is 0 Å². The van der Waals surface area contributed by atoms with Gasteiger partial charge in [-0.25, -0.2) is 0 Å². The lowest BCUT2D eigenvalue weighted by molar-refractivity contribution is -0.140. The number of nitrogens with zero attached hydrogens (tertiary/aromatic N) is 3. The second-order valence-corrected chi connectivity index (χ2v) is 6.27. The molecule has 1 saturated heterocycles. The number of piperazine rings is 1. The molecule has 3 rings (SSSR count). The van der Waals surface area contributed by atoms with Crippen LogP contribution in [0.4, 0.5) is 5.69 Å². The maximum atomic E-state index is 12.8. The van der Waals surface area contributed by atoms with Crippen molar-refractivity contribution in [1.29, 1.82) is 0 Å². The summed E-state index contributed by atoms with van der Waals surface area (Å²) in [6.07, 6.45) is 2.66. The number of ether oxygens (including phenoxy) is 1. The maximum Gasteiger partial charge on any atom is 0.249 e. The van der Waals surface area contributed by atoms with Gasteiger partial charge in [-0.05, 0) is 49.7 Å². The normalized spacial score (nSPS) is 17.3. The molecule has 1 atom stereocenters. The minimum absolute atomic E-state index is 0.00844. The van der Waals surface area contributed by atoms with Gasteiger partial charge in [-0.2, -0.15) is 0 Å². The number of methoxy groups -OCH3 is 1. The van der Waals surface area contributed by atoms with Crippen LogP contribution in [-0.2, 0) is 16.0 Å². The molecule has 2 amide bonds. The number of carbonyl (C=O) groups is 2. The minimum Gasteiger partial charge on any atom is -0.497 e. The van der Waals surface area contributed by atoms with E-state index in [2.05, 4.69) is 4.98 Å². The van der Waals surface area contributed by atoms with E-state index in [1.165, 1.54) is 0 Å². The highest BCUT2D eigenvalue weighted by Crippen LogP contribution is 2.23. The molecule has 6 heteroatoms. The Kier molecular flexibility index (Phi) is 5.51. The summed E-state index contributed by atoms with van der Waals surface area (Å²) in [7, 11) is 1.61. The first-order valence-corrected chi connectivity index (χ1v) is 8.75. The average molecular weight is 353 g/mol. The van der Waals surface area contributed by atoms with Crippen molar-refractivity contribution in [2.75, 3.05) is 25.1 Å². The highest BCUT2D eigenvalue weighted by atomic mass is 16.5. The summed E-state index contributed by atoms with van der Waals surface area (Å²) in [5, 5.41) is 0.